The molecule has 0 saturated heterocycles. The molecule has 0 aromatic heterocycles. The van der Waals surface area contributed by atoms with Gasteiger partial charge in [-0.1, -0.05) is 27.7 Å². The first-order valence-electron chi connectivity index (χ1n) is 6.86. The molecular weight excluding hydrogens is 230 g/mol. The minimum absolute atomic E-state index is 0.0203. The van der Waals surface area contributed by atoms with Crippen molar-refractivity contribution in [3.8, 4) is 0 Å². The first kappa shape index (κ1) is 15.0. The summed E-state index contributed by atoms with van der Waals surface area (Å²) >= 11 is 0. The molecule has 4 nitrogen and oxygen atoms in total. The lowest BCUT2D eigenvalue weighted by Crippen LogP contribution is -2.43. The van der Waals surface area contributed by atoms with Crippen LogP contribution >= 0.6 is 0 Å². The molecule has 0 bridgehead atoms. The fourth-order valence-electron chi connectivity index (χ4n) is 2.46. The Morgan fingerprint density at radius 3 is 2.22 bits per heavy atom. The van der Waals surface area contributed by atoms with Crippen molar-refractivity contribution < 1.29 is 14.7 Å². The van der Waals surface area contributed by atoms with E-state index in [-0.39, 0.29) is 23.8 Å². The Morgan fingerprint density at radius 2 is 1.89 bits per heavy atom. The molecule has 2 atom stereocenters. The maximum absolute atomic E-state index is 12.0. The van der Waals surface area contributed by atoms with Gasteiger partial charge in [0.15, 0.2) is 0 Å². The van der Waals surface area contributed by atoms with Crippen LogP contribution < -0.4 is 5.32 Å². The van der Waals surface area contributed by atoms with Crippen molar-refractivity contribution in [3.05, 3.63) is 0 Å². The second-order valence-electron chi connectivity index (χ2n) is 5.77. The van der Waals surface area contributed by atoms with E-state index in [1.807, 2.05) is 13.8 Å². The van der Waals surface area contributed by atoms with E-state index in [0.29, 0.717) is 12.8 Å². The van der Waals surface area contributed by atoms with Crippen molar-refractivity contribution in [1.82, 2.24) is 5.32 Å². The van der Waals surface area contributed by atoms with Crippen molar-refractivity contribution in [2.24, 2.45) is 16.7 Å². The Morgan fingerprint density at radius 1 is 1.33 bits per heavy atom. The fraction of sp³-hybridized carbons (Fsp3) is 0.857. The normalized spacial score (nSPS) is 26.8. The molecule has 2 N–H and O–H groups in total. The van der Waals surface area contributed by atoms with Crippen LogP contribution in [0.3, 0.4) is 0 Å². The highest BCUT2D eigenvalue weighted by molar-refractivity contribution is 5.83. The van der Waals surface area contributed by atoms with E-state index in [0.717, 1.165) is 12.8 Å². The lowest BCUT2D eigenvalue weighted by atomic mass is 9.82. The molecule has 1 aliphatic rings. The van der Waals surface area contributed by atoms with Gasteiger partial charge in [-0.25, -0.2) is 0 Å². The quantitative estimate of drug-likeness (QED) is 0.734. The summed E-state index contributed by atoms with van der Waals surface area (Å²) in [6.07, 6.45) is 2.99. The molecule has 0 radical (unpaired) electrons. The summed E-state index contributed by atoms with van der Waals surface area (Å²) in [4.78, 5) is 23.3. The third-order valence-corrected chi connectivity index (χ3v) is 4.88. The number of rotatable bonds is 7. The molecule has 1 amide bonds. The van der Waals surface area contributed by atoms with E-state index in [4.69, 9.17) is 0 Å². The zero-order chi connectivity index (χ0) is 14.0. The number of carbonyl (C=O) groups excluding carboxylic acids is 1. The molecular formula is C14H25NO3. The predicted molar refractivity (Wildman–Crippen MR) is 70.2 cm³/mol. The minimum atomic E-state index is -0.818. The van der Waals surface area contributed by atoms with Crippen LogP contribution in [0.2, 0.25) is 0 Å². The van der Waals surface area contributed by atoms with Crippen LogP contribution in [0.4, 0.5) is 0 Å². The Bertz CT molecular complexity index is 336. The molecule has 1 saturated carbocycles. The Balaban J connectivity index is 2.54. The van der Waals surface area contributed by atoms with Crippen LogP contribution in [-0.2, 0) is 9.59 Å². The summed E-state index contributed by atoms with van der Waals surface area (Å²) in [6.45, 7) is 8.16. The number of aliphatic carboxylic acids is 1. The van der Waals surface area contributed by atoms with Gasteiger partial charge in [0.2, 0.25) is 5.91 Å². The van der Waals surface area contributed by atoms with Gasteiger partial charge in [-0.3, -0.25) is 9.59 Å². The van der Waals surface area contributed by atoms with Gasteiger partial charge in [0.05, 0.1) is 5.41 Å². The Kier molecular flexibility index (Phi) is 4.41. The topological polar surface area (TPSA) is 66.4 Å². The summed E-state index contributed by atoms with van der Waals surface area (Å²) in [5.41, 5.74) is -0.679. The summed E-state index contributed by atoms with van der Waals surface area (Å²) in [6, 6.07) is 0. The molecule has 0 aromatic rings. The summed E-state index contributed by atoms with van der Waals surface area (Å²) in [5.74, 6) is -0.726. The SMILES string of the molecule is CCC(CC)(CNC(=O)C1CC1(C)CC)C(=O)O. The molecule has 0 aliphatic heterocycles. The van der Waals surface area contributed by atoms with Crippen molar-refractivity contribution in [1.29, 1.82) is 0 Å². The van der Waals surface area contributed by atoms with E-state index in [1.165, 1.54) is 0 Å². The number of hydrogen-bond acceptors (Lipinski definition) is 2. The Hall–Kier alpha value is -1.06. The first-order valence-corrected chi connectivity index (χ1v) is 6.86. The minimum Gasteiger partial charge on any atom is -0.481 e. The third kappa shape index (κ3) is 2.68. The predicted octanol–water partition coefficient (Wildman–Crippen LogP) is 2.43. The largest absolute Gasteiger partial charge is 0.481 e. The monoisotopic (exact) mass is 255 g/mol. The van der Waals surface area contributed by atoms with Crippen LogP contribution in [0, 0.1) is 16.7 Å². The second-order valence-corrected chi connectivity index (χ2v) is 5.77. The highest BCUT2D eigenvalue weighted by Crippen LogP contribution is 2.54. The highest BCUT2D eigenvalue weighted by atomic mass is 16.4. The highest BCUT2D eigenvalue weighted by Gasteiger charge is 2.53. The molecule has 0 aromatic carbocycles. The second kappa shape index (κ2) is 5.29. The fourth-order valence-corrected chi connectivity index (χ4v) is 2.46. The van der Waals surface area contributed by atoms with Gasteiger partial charge in [0.25, 0.3) is 0 Å². The molecule has 0 spiro atoms. The maximum Gasteiger partial charge on any atom is 0.311 e. The van der Waals surface area contributed by atoms with Gasteiger partial charge in [-0.05, 0) is 31.1 Å². The van der Waals surface area contributed by atoms with E-state index in [2.05, 4.69) is 19.2 Å². The summed E-state index contributed by atoms with van der Waals surface area (Å²) in [5, 5.41) is 12.1. The van der Waals surface area contributed by atoms with Gasteiger partial charge in [0.1, 0.15) is 0 Å². The lowest BCUT2D eigenvalue weighted by Gasteiger charge is -2.27. The van der Waals surface area contributed by atoms with Crippen LogP contribution in [-0.4, -0.2) is 23.5 Å². The molecule has 104 valence electrons. The number of hydrogen-bond donors (Lipinski definition) is 2. The summed E-state index contributed by atoms with van der Waals surface area (Å²) in [7, 11) is 0. The van der Waals surface area contributed by atoms with Crippen molar-refractivity contribution >= 4 is 11.9 Å². The van der Waals surface area contributed by atoms with Gasteiger partial charge in [0, 0.05) is 12.5 Å². The van der Waals surface area contributed by atoms with E-state index in [1.54, 1.807) is 0 Å². The first-order chi connectivity index (χ1) is 8.35. The van der Waals surface area contributed by atoms with E-state index < -0.39 is 11.4 Å². The number of nitrogens with one attached hydrogen (secondary N) is 1. The zero-order valence-corrected chi connectivity index (χ0v) is 11.9. The van der Waals surface area contributed by atoms with Crippen LogP contribution in [0.5, 0.6) is 0 Å². The van der Waals surface area contributed by atoms with Crippen LogP contribution in [0.1, 0.15) is 53.4 Å². The Labute approximate surface area is 109 Å². The van der Waals surface area contributed by atoms with Gasteiger partial charge < -0.3 is 10.4 Å². The molecule has 1 aliphatic carbocycles. The smallest absolute Gasteiger partial charge is 0.311 e. The number of carboxylic acid groups (broad SMARTS) is 1. The van der Waals surface area contributed by atoms with Crippen LogP contribution in [0.15, 0.2) is 0 Å². The average molecular weight is 255 g/mol. The molecule has 4 heteroatoms. The van der Waals surface area contributed by atoms with E-state index >= 15 is 0 Å². The maximum atomic E-state index is 12.0. The van der Waals surface area contributed by atoms with Crippen LogP contribution in [0.25, 0.3) is 0 Å². The average Bonchev–Trinajstić information content (AvgIpc) is 3.04. The van der Waals surface area contributed by atoms with E-state index in [9.17, 15) is 14.7 Å². The third-order valence-electron chi connectivity index (χ3n) is 4.88. The van der Waals surface area contributed by atoms with Crippen molar-refractivity contribution in [2.75, 3.05) is 6.54 Å². The number of amides is 1. The van der Waals surface area contributed by atoms with Crippen molar-refractivity contribution in [3.63, 3.8) is 0 Å². The number of carboxylic acids is 1. The van der Waals surface area contributed by atoms with Gasteiger partial charge in [-0.2, -0.15) is 0 Å². The molecule has 2 unspecified atom stereocenters. The standard InChI is InChI=1S/C14H25NO3/c1-5-13(4)8-10(13)11(16)15-9-14(6-2,7-3)12(17)18/h10H,5-9H2,1-4H3,(H,15,16)(H,17,18). The molecule has 1 rings (SSSR count). The molecule has 18 heavy (non-hydrogen) atoms. The summed E-state index contributed by atoms with van der Waals surface area (Å²) < 4.78 is 0. The molecule has 0 heterocycles. The van der Waals surface area contributed by atoms with Crippen molar-refractivity contribution in [2.45, 2.75) is 53.4 Å². The lowest BCUT2D eigenvalue weighted by molar-refractivity contribution is -0.149. The zero-order valence-electron chi connectivity index (χ0n) is 11.9. The number of carbonyl (C=O) groups is 2. The van der Waals surface area contributed by atoms with Gasteiger partial charge in [-0.15, -0.1) is 0 Å². The van der Waals surface area contributed by atoms with Gasteiger partial charge >= 0.3 is 5.97 Å². The molecule has 1 fully saturated rings.